The molecule has 0 aromatic carbocycles. The molecule has 0 fully saturated rings. The first-order chi connectivity index (χ1) is 7.88. The van der Waals surface area contributed by atoms with Gasteiger partial charge in [-0.05, 0) is 12.0 Å². The molecule has 0 aliphatic carbocycles. The average Bonchev–Trinajstić information content (AvgIpc) is 2.78. The van der Waals surface area contributed by atoms with Crippen LogP contribution in [0.4, 0.5) is 0 Å². The van der Waals surface area contributed by atoms with Crippen molar-refractivity contribution in [3.8, 4) is 0 Å². The molecule has 1 atom stereocenters. The van der Waals surface area contributed by atoms with E-state index in [0.717, 1.165) is 0 Å². The van der Waals surface area contributed by atoms with E-state index < -0.39 is 16.1 Å². The van der Waals surface area contributed by atoms with Crippen LogP contribution in [0.5, 0.6) is 0 Å². The van der Waals surface area contributed by atoms with Crippen LogP contribution < -0.4 is 10.5 Å². The van der Waals surface area contributed by atoms with Crippen LogP contribution in [0.25, 0.3) is 0 Å². The highest BCUT2D eigenvalue weighted by atomic mass is 32.2. The zero-order valence-corrected chi connectivity index (χ0v) is 10.3. The number of amidine groups is 1. The summed E-state index contributed by atoms with van der Waals surface area (Å²) < 4.78 is 26.0. The van der Waals surface area contributed by atoms with E-state index in [9.17, 15) is 8.42 Å². The zero-order valence-electron chi connectivity index (χ0n) is 9.45. The highest BCUT2D eigenvalue weighted by molar-refractivity contribution is 7.89. The first-order valence-corrected chi connectivity index (χ1v) is 6.36. The molecule has 1 rings (SSSR count). The van der Waals surface area contributed by atoms with Gasteiger partial charge in [-0.25, -0.2) is 8.42 Å². The number of rotatable bonds is 5. The lowest BCUT2D eigenvalue weighted by molar-refractivity contribution is 0.313. The summed E-state index contributed by atoms with van der Waals surface area (Å²) in [6, 6.07) is 0.528. The van der Waals surface area contributed by atoms with Gasteiger partial charge >= 0.3 is 0 Å². The van der Waals surface area contributed by atoms with Gasteiger partial charge in [-0.15, -0.1) is 0 Å². The van der Waals surface area contributed by atoms with Crippen LogP contribution in [0.3, 0.4) is 0 Å². The Morgan fingerprint density at radius 1 is 1.65 bits per heavy atom. The third-order valence-electron chi connectivity index (χ3n) is 2.15. The zero-order chi connectivity index (χ0) is 13.1. The van der Waals surface area contributed by atoms with Gasteiger partial charge in [0.2, 0.25) is 0 Å². The van der Waals surface area contributed by atoms with Crippen LogP contribution in [-0.4, -0.2) is 35.7 Å². The van der Waals surface area contributed by atoms with Crippen LogP contribution in [-0.2, 0) is 10.0 Å². The highest BCUT2D eigenvalue weighted by Gasteiger charge is 2.26. The van der Waals surface area contributed by atoms with Crippen molar-refractivity contribution in [1.82, 2.24) is 14.9 Å². The van der Waals surface area contributed by atoms with Gasteiger partial charge in [-0.3, -0.25) is 5.10 Å². The number of hydrogen-bond acceptors (Lipinski definition) is 5. The molecule has 1 aromatic rings. The van der Waals surface area contributed by atoms with Gasteiger partial charge in [0.15, 0.2) is 10.9 Å². The van der Waals surface area contributed by atoms with E-state index in [-0.39, 0.29) is 16.8 Å². The third-order valence-corrected chi connectivity index (χ3v) is 3.52. The van der Waals surface area contributed by atoms with E-state index in [1.165, 1.54) is 12.3 Å². The Hall–Kier alpha value is -1.61. The summed E-state index contributed by atoms with van der Waals surface area (Å²) >= 11 is 0. The molecule has 9 heteroatoms. The maximum atomic E-state index is 11.9. The molecule has 1 aromatic heterocycles. The quantitative estimate of drug-likeness (QED) is 0.244. The number of H-pyrrole nitrogens is 1. The van der Waals surface area contributed by atoms with E-state index in [2.05, 4.69) is 20.1 Å². The molecule has 5 N–H and O–H groups in total. The molecule has 8 nitrogen and oxygen atoms in total. The van der Waals surface area contributed by atoms with Crippen molar-refractivity contribution in [3.05, 3.63) is 12.3 Å². The van der Waals surface area contributed by atoms with E-state index in [4.69, 9.17) is 10.9 Å². The largest absolute Gasteiger partial charge is 0.409 e. The Balaban J connectivity index is 2.96. The normalized spacial score (nSPS) is 15.1. The van der Waals surface area contributed by atoms with Crippen molar-refractivity contribution >= 4 is 15.9 Å². The number of nitrogens with zero attached hydrogens (tertiary/aromatic N) is 2. The van der Waals surface area contributed by atoms with Crippen LogP contribution in [0, 0.1) is 5.92 Å². The summed E-state index contributed by atoms with van der Waals surface area (Å²) in [5.41, 5.74) is 5.43. The van der Waals surface area contributed by atoms with Crippen LogP contribution in [0.2, 0.25) is 0 Å². The molecule has 1 unspecified atom stereocenters. The van der Waals surface area contributed by atoms with Gasteiger partial charge in [-0.1, -0.05) is 19.0 Å². The highest BCUT2D eigenvalue weighted by Crippen LogP contribution is 2.08. The lowest BCUT2D eigenvalue weighted by Crippen LogP contribution is -2.47. The van der Waals surface area contributed by atoms with Crippen LogP contribution >= 0.6 is 0 Å². The fourth-order valence-electron chi connectivity index (χ4n) is 1.22. The second kappa shape index (κ2) is 5.15. The Kier molecular flexibility index (Phi) is 4.07. The summed E-state index contributed by atoms with van der Waals surface area (Å²) in [5.74, 6) is -0.355. The summed E-state index contributed by atoms with van der Waals surface area (Å²) in [4.78, 5) is 0. The number of nitrogens with two attached hydrogens (primary N) is 1. The summed E-state index contributed by atoms with van der Waals surface area (Å²) in [7, 11) is -3.76. The summed E-state index contributed by atoms with van der Waals surface area (Å²) in [6.07, 6.45) is 1.32. The summed E-state index contributed by atoms with van der Waals surface area (Å²) in [6.45, 7) is 3.50. The monoisotopic (exact) mass is 261 g/mol. The third kappa shape index (κ3) is 3.17. The molecule has 0 amide bonds. The van der Waals surface area contributed by atoms with Crippen LogP contribution in [0.15, 0.2) is 22.4 Å². The van der Waals surface area contributed by atoms with E-state index in [1.54, 1.807) is 13.8 Å². The lowest BCUT2D eigenvalue weighted by Gasteiger charge is -2.20. The molecule has 0 bridgehead atoms. The Labute approximate surface area is 98.9 Å². The van der Waals surface area contributed by atoms with Crippen molar-refractivity contribution < 1.29 is 13.6 Å². The predicted molar refractivity (Wildman–Crippen MR) is 60.9 cm³/mol. The molecular weight excluding hydrogens is 246 g/mol. The Bertz CT molecular complexity index is 479. The lowest BCUT2D eigenvalue weighted by atomic mass is 10.1. The molecule has 17 heavy (non-hydrogen) atoms. The molecule has 0 saturated carbocycles. The minimum atomic E-state index is -3.76. The smallest absolute Gasteiger partial charge is 0.258 e. The maximum Gasteiger partial charge on any atom is 0.258 e. The topological polar surface area (TPSA) is 133 Å². The number of aromatic nitrogens is 2. The minimum Gasteiger partial charge on any atom is -0.409 e. The fourth-order valence-corrected chi connectivity index (χ4v) is 2.49. The molecule has 96 valence electrons. The SMILES string of the molecule is CC(C)C(NS(=O)(=O)c1ccn[nH]1)C(N)=NO. The first-order valence-electron chi connectivity index (χ1n) is 4.87. The Morgan fingerprint density at radius 2 is 2.29 bits per heavy atom. The Morgan fingerprint density at radius 3 is 2.71 bits per heavy atom. The minimum absolute atomic E-state index is 0.0751. The van der Waals surface area contributed by atoms with Crippen LogP contribution in [0.1, 0.15) is 13.8 Å². The van der Waals surface area contributed by atoms with Crippen molar-refractivity contribution in [2.24, 2.45) is 16.8 Å². The molecule has 1 heterocycles. The molecule has 0 radical (unpaired) electrons. The van der Waals surface area contributed by atoms with Gasteiger partial charge in [0.1, 0.15) is 0 Å². The first kappa shape index (κ1) is 13.5. The fraction of sp³-hybridized carbons (Fsp3) is 0.500. The number of nitrogens with one attached hydrogen (secondary N) is 2. The maximum absolute atomic E-state index is 11.9. The molecule has 0 saturated heterocycles. The van der Waals surface area contributed by atoms with Crippen molar-refractivity contribution in [3.63, 3.8) is 0 Å². The van der Waals surface area contributed by atoms with Crippen molar-refractivity contribution in [1.29, 1.82) is 0 Å². The van der Waals surface area contributed by atoms with E-state index in [0.29, 0.717) is 0 Å². The molecule has 0 spiro atoms. The number of sulfonamides is 1. The van der Waals surface area contributed by atoms with Gasteiger partial charge in [0.05, 0.1) is 12.2 Å². The van der Waals surface area contributed by atoms with Gasteiger partial charge in [0.25, 0.3) is 10.0 Å². The second-order valence-corrected chi connectivity index (χ2v) is 5.47. The standard InChI is InChI=1S/C8H15N5O3S/c1-5(2)7(8(9)12-14)13-17(15,16)6-3-4-10-11-6/h3-5,7,13-14H,1-2H3,(H2,9,12)(H,10,11). The number of aromatic amines is 1. The number of oxime groups is 1. The molecule has 0 aliphatic rings. The van der Waals surface area contributed by atoms with E-state index >= 15 is 0 Å². The average molecular weight is 261 g/mol. The predicted octanol–water partition coefficient (Wildman–Crippen LogP) is -0.541. The summed E-state index contributed by atoms with van der Waals surface area (Å²) in [5, 5.41) is 17.2. The van der Waals surface area contributed by atoms with Gasteiger partial charge < -0.3 is 10.9 Å². The van der Waals surface area contributed by atoms with Crippen molar-refractivity contribution in [2.75, 3.05) is 0 Å². The second-order valence-electron chi connectivity index (χ2n) is 3.79. The molecular formula is C8H15N5O3S. The van der Waals surface area contributed by atoms with Crippen molar-refractivity contribution in [2.45, 2.75) is 24.9 Å². The van der Waals surface area contributed by atoms with Gasteiger partial charge in [-0.2, -0.15) is 9.82 Å². The van der Waals surface area contributed by atoms with Gasteiger partial charge in [0, 0.05) is 0 Å². The number of hydrogen-bond donors (Lipinski definition) is 4. The molecule has 0 aliphatic heterocycles. The van der Waals surface area contributed by atoms with E-state index in [1.807, 2.05) is 0 Å².